The average molecular weight is 336 g/mol. The van der Waals surface area contributed by atoms with Gasteiger partial charge in [0, 0.05) is 31.1 Å². The van der Waals surface area contributed by atoms with Gasteiger partial charge in [-0.2, -0.15) is 0 Å². The van der Waals surface area contributed by atoms with E-state index in [0.29, 0.717) is 13.1 Å². The number of benzene rings is 1. The van der Waals surface area contributed by atoms with Gasteiger partial charge in [0.2, 0.25) is 0 Å². The molecule has 1 heterocycles. The monoisotopic (exact) mass is 336 g/mol. The molecule has 1 fully saturated rings. The molecule has 1 aliphatic rings. The molecule has 6 heteroatoms. The highest BCUT2D eigenvalue weighted by molar-refractivity contribution is 5.68. The van der Waals surface area contributed by atoms with Crippen molar-refractivity contribution in [1.29, 1.82) is 0 Å². The molecule has 0 saturated carbocycles. The third kappa shape index (κ3) is 4.32. The first-order valence-corrected chi connectivity index (χ1v) is 8.20. The highest BCUT2D eigenvalue weighted by Crippen LogP contribution is 2.36. The Morgan fingerprint density at radius 3 is 2.50 bits per heavy atom. The number of hydrogen-bond donors (Lipinski definition) is 1. The number of carbonyl (C=O) groups is 1. The Morgan fingerprint density at radius 2 is 1.96 bits per heavy atom. The summed E-state index contributed by atoms with van der Waals surface area (Å²) in [6.45, 7) is 6.66. The maximum atomic E-state index is 12.2. The van der Waals surface area contributed by atoms with Gasteiger partial charge in [0.05, 0.1) is 14.2 Å². The number of rotatable bonds is 3. The fourth-order valence-electron chi connectivity index (χ4n) is 2.99. The molecule has 1 aliphatic heterocycles. The lowest BCUT2D eigenvalue weighted by Gasteiger charge is -2.38. The highest BCUT2D eigenvalue weighted by atomic mass is 16.6. The first-order chi connectivity index (χ1) is 11.2. The van der Waals surface area contributed by atoms with Gasteiger partial charge in [-0.05, 0) is 38.8 Å². The minimum absolute atomic E-state index is 0.129. The summed E-state index contributed by atoms with van der Waals surface area (Å²) in [5.74, 6) is 1.64. The molecular weight excluding hydrogens is 308 g/mol. The van der Waals surface area contributed by atoms with Crippen LogP contribution in [-0.2, 0) is 4.74 Å². The number of piperidine rings is 1. The standard InChI is InChI=1S/C18H28N2O4/c1-18(2,3)24-17(21)20-9-8-13(15(19)11-20)14-7-6-12(22-4)10-16(14)23-5/h6-7,10,13,15H,8-9,11,19H2,1-5H3/t13-,15+/m1/s1. The number of nitrogens with zero attached hydrogens (tertiary/aromatic N) is 1. The Bertz CT molecular complexity index is 583. The number of likely N-dealkylation sites (tertiary alicyclic amines) is 1. The highest BCUT2D eigenvalue weighted by Gasteiger charge is 2.33. The molecule has 1 aromatic carbocycles. The van der Waals surface area contributed by atoms with Crippen LogP contribution in [0.4, 0.5) is 4.79 Å². The van der Waals surface area contributed by atoms with Crippen LogP contribution in [0.5, 0.6) is 11.5 Å². The number of nitrogens with two attached hydrogens (primary N) is 1. The Hall–Kier alpha value is -1.95. The van der Waals surface area contributed by atoms with Crippen molar-refractivity contribution in [2.45, 2.75) is 44.8 Å². The molecule has 2 N–H and O–H groups in total. The summed E-state index contributed by atoms with van der Waals surface area (Å²) < 4.78 is 16.2. The zero-order valence-corrected chi connectivity index (χ0v) is 15.2. The molecule has 0 aromatic heterocycles. The molecule has 0 spiro atoms. The van der Waals surface area contributed by atoms with Gasteiger partial charge < -0.3 is 24.8 Å². The number of ether oxygens (including phenoxy) is 3. The Morgan fingerprint density at radius 1 is 1.25 bits per heavy atom. The normalized spacial score (nSPS) is 21.3. The van der Waals surface area contributed by atoms with Gasteiger partial charge in [-0.1, -0.05) is 6.07 Å². The molecule has 6 nitrogen and oxygen atoms in total. The summed E-state index contributed by atoms with van der Waals surface area (Å²) in [7, 11) is 3.26. The first-order valence-electron chi connectivity index (χ1n) is 8.20. The fraction of sp³-hybridized carbons (Fsp3) is 0.611. The number of amides is 1. The molecule has 1 amide bonds. The second kappa shape index (κ2) is 7.30. The van der Waals surface area contributed by atoms with Gasteiger partial charge in [0.1, 0.15) is 17.1 Å². The van der Waals surface area contributed by atoms with Crippen LogP contribution in [-0.4, -0.2) is 49.9 Å². The molecule has 134 valence electrons. The predicted molar refractivity (Wildman–Crippen MR) is 92.7 cm³/mol. The number of hydrogen-bond acceptors (Lipinski definition) is 5. The van der Waals surface area contributed by atoms with Crippen LogP contribution < -0.4 is 15.2 Å². The zero-order valence-electron chi connectivity index (χ0n) is 15.2. The van der Waals surface area contributed by atoms with Crippen LogP contribution >= 0.6 is 0 Å². The molecular formula is C18H28N2O4. The minimum Gasteiger partial charge on any atom is -0.497 e. The second-order valence-electron chi connectivity index (χ2n) is 7.09. The summed E-state index contributed by atoms with van der Waals surface area (Å²) in [6.07, 6.45) is 0.460. The number of methoxy groups -OCH3 is 2. The van der Waals surface area contributed by atoms with Crippen molar-refractivity contribution in [2.75, 3.05) is 27.3 Å². The van der Waals surface area contributed by atoms with Gasteiger partial charge in [-0.3, -0.25) is 0 Å². The number of carbonyl (C=O) groups excluding carboxylic acids is 1. The van der Waals surface area contributed by atoms with Crippen LogP contribution in [0, 0.1) is 0 Å². The van der Waals surface area contributed by atoms with Crippen molar-refractivity contribution >= 4 is 6.09 Å². The predicted octanol–water partition coefficient (Wildman–Crippen LogP) is 2.76. The quantitative estimate of drug-likeness (QED) is 0.919. The van der Waals surface area contributed by atoms with Crippen molar-refractivity contribution in [1.82, 2.24) is 4.90 Å². The summed E-state index contributed by atoms with van der Waals surface area (Å²) in [4.78, 5) is 13.9. The van der Waals surface area contributed by atoms with E-state index >= 15 is 0 Å². The van der Waals surface area contributed by atoms with Crippen molar-refractivity contribution < 1.29 is 19.0 Å². The third-order valence-corrected chi connectivity index (χ3v) is 4.15. The van der Waals surface area contributed by atoms with Gasteiger partial charge in [-0.15, -0.1) is 0 Å². The van der Waals surface area contributed by atoms with Crippen molar-refractivity contribution in [3.63, 3.8) is 0 Å². The Kier molecular flexibility index (Phi) is 5.59. The van der Waals surface area contributed by atoms with Crippen LogP contribution in [0.1, 0.15) is 38.7 Å². The van der Waals surface area contributed by atoms with Gasteiger partial charge in [-0.25, -0.2) is 4.79 Å². The third-order valence-electron chi connectivity index (χ3n) is 4.15. The van der Waals surface area contributed by atoms with Crippen molar-refractivity contribution in [2.24, 2.45) is 5.73 Å². The molecule has 0 unspecified atom stereocenters. The minimum atomic E-state index is -0.503. The lowest BCUT2D eigenvalue weighted by molar-refractivity contribution is 0.0186. The van der Waals surface area contributed by atoms with E-state index in [1.165, 1.54) is 0 Å². The molecule has 24 heavy (non-hydrogen) atoms. The van der Waals surface area contributed by atoms with Crippen molar-refractivity contribution in [3.8, 4) is 11.5 Å². The maximum Gasteiger partial charge on any atom is 0.410 e. The molecule has 1 aromatic rings. The molecule has 2 atom stereocenters. The van der Waals surface area contributed by atoms with Crippen LogP contribution in [0.2, 0.25) is 0 Å². The van der Waals surface area contributed by atoms with Gasteiger partial charge in [0.25, 0.3) is 0 Å². The zero-order chi connectivity index (χ0) is 17.9. The average Bonchev–Trinajstić information content (AvgIpc) is 2.52. The van der Waals surface area contributed by atoms with E-state index in [2.05, 4.69) is 0 Å². The topological polar surface area (TPSA) is 74.0 Å². The lowest BCUT2D eigenvalue weighted by Crippen LogP contribution is -2.50. The van der Waals surface area contributed by atoms with E-state index in [0.717, 1.165) is 23.5 Å². The molecule has 1 saturated heterocycles. The van der Waals surface area contributed by atoms with Crippen molar-refractivity contribution in [3.05, 3.63) is 23.8 Å². The SMILES string of the molecule is COc1ccc([C@H]2CCN(C(=O)OC(C)(C)C)C[C@@H]2N)c(OC)c1. The molecule has 0 radical (unpaired) electrons. The van der Waals surface area contributed by atoms with E-state index < -0.39 is 5.60 Å². The summed E-state index contributed by atoms with van der Waals surface area (Å²) in [5.41, 5.74) is 6.91. The van der Waals surface area contributed by atoms with E-state index in [1.807, 2.05) is 39.0 Å². The first kappa shape index (κ1) is 18.4. The second-order valence-corrected chi connectivity index (χ2v) is 7.09. The summed E-state index contributed by atoms with van der Waals surface area (Å²) in [6, 6.07) is 5.59. The lowest BCUT2D eigenvalue weighted by atomic mass is 9.85. The van der Waals surface area contributed by atoms with Crippen LogP contribution in [0.15, 0.2) is 18.2 Å². The Balaban J connectivity index is 2.10. The van der Waals surface area contributed by atoms with E-state index in [9.17, 15) is 4.79 Å². The molecule has 0 bridgehead atoms. The van der Waals surface area contributed by atoms with E-state index in [4.69, 9.17) is 19.9 Å². The van der Waals surface area contributed by atoms with Gasteiger partial charge in [0.15, 0.2) is 0 Å². The fourth-order valence-corrected chi connectivity index (χ4v) is 2.99. The largest absolute Gasteiger partial charge is 0.497 e. The smallest absolute Gasteiger partial charge is 0.410 e. The maximum absolute atomic E-state index is 12.2. The molecule has 0 aliphatic carbocycles. The molecule has 2 rings (SSSR count). The Labute approximate surface area is 143 Å². The van der Waals surface area contributed by atoms with Crippen LogP contribution in [0.3, 0.4) is 0 Å². The van der Waals surface area contributed by atoms with E-state index in [1.54, 1.807) is 19.1 Å². The van der Waals surface area contributed by atoms with Crippen LogP contribution in [0.25, 0.3) is 0 Å². The van der Waals surface area contributed by atoms with E-state index in [-0.39, 0.29) is 18.1 Å². The van der Waals surface area contributed by atoms with Gasteiger partial charge >= 0.3 is 6.09 Å². The summed E-state index contributed by atoms with van der Waals surface area (Å²) >= 11 is 0. The summed E-state index contributed by atoms with van der Waals surface area (Å²) in [5, 5.41) is 0.